The number of hydrogen-bond acceptors (Lipinski definition) is 1. The Morgan fingerprint density at radius 1 is 1.00 bits per heavy atom. The topological polar surface area (TPSA) is 50.4 Å². The number of anilines is 1. The van der Waals surface area contributed by atoms with Crippen molar-refractivity contribution in [1.82, 2.24) is 0 Å². The van der Waals surface area contributed by atoms with E-state index in [-0.39, 0.29) is 0 Å². The summed E-state index contributed by atoms with van der Waals surface area (Å²) in [6.45, 7) is 4.01. The molecule has 0 amide bonds. The lowest BCUT2D eigenvalue weighted by molar-refractivity contribution is 1.41. The first-order chi connectivity index (χ1) is 9.58. The molecule has 0 aliphatic heterocycles. The molecule has 0 saturated heterocycles. The number of benzene rings is 2. The third-order valence-corrected chi connectivity index (χ3v) is 3.32. The van der Waals surface area contributed by atoms with E-state index >= 15 is 0 Å². The molecule has 0 aromatic heterocycles. The molecule has 0 fully saturated rings. The molecule has 0 atom stereocenters. The fourth-order valence-corrected chi connectivity index (χ4v) is 2.19. The predicted octanol–water partition coefficient (Wildman–Crippen LogP) is 3.41. The van der Waals surface area contributed by atoms with Crippen LogP contribution in [-0.4, -0.2) is 10.9 Å². The lowest BCUT2D eigenvalue weighted by Gasteiger charge is -2.09. The summed E-state index contributed by atoms with van der Waals surface area (Å²) in [5.74, 6) is 0.299. The van der Waals surface area contributed by atoms with Crippen LogP contribution in [0.25, 0.3) is 0 Å². The number of nitrogens with zero attached hydrogens (tertiary/aromatic N) is 1. The zero-order valence-electron chi connectivity index (χ0n) is 11.6. The van der Waals surface area contributed by atoms with Crippen LogP contribution in [0.2, 0.25) is 0 Å². The van der Waals surface area contributed by atoms with E-state index in [9.17, 15) is 0 Å². The lowest BCUT2D eigenvalue weighted by Crippen LogP contribution is -2.24. The van der Waals surface area contributed by atoms with E-state index < -0.39 is 0 Å². The molecule has 0 spiro atoms. The number of nitrogens with two attached hydrogens (primary N) is 1. The molecule has 0 heterocycles. The smallest absolute Gasteiger partial charge is 0.199 e. The average Bonchev–Trinajstić information content (AvgIpc) is 2.41. The molecular formula is C16H17N3S. The highest BCUT2D eigenvalue weighted by Gasteiger charge is 2.04. The van der Waals surface area contributed by atoms with Gasteiger partial charge in [0, 0.05) is 11.3 Å². The molecule has 0 aliphatic rings. The molecule has 2 aromatic carbocycles. The number of para-hydroxylation sites is 1. The van der Waals surface area contributed by atoms with Crippen molar-refractivity contribution in [3.63, 3.8) is 0 Å². The van der Waals surface area contributed by atoms with Crippen molar-refractivity contribution < 1.29 is 0 Å². The van der Waals surface area contributed by atoms with Crippen molar-refractivity contribution in [1.29, 1.82) is 0 Å². The van der Waals surface area contributed by atoms with Crippen molar-refractivity contribution in [2.45, 2.75) is 13.8 Å². The van der Waals surface area contributed by atoms with Crippen molar-refractivity contribution in [3.05, 3.63) is 65.2 Å². The van der Waals surface area contributed by atoms with Crippen LogP contribution in [0.4, 0.5) is 5.69 Å². The van der Waals surface area contributed by atoms with Crippen molar-refractivity contribution in [2.75, 3.05) is 5.32 Å². The zero-order valence-corrected chi connectivity index (χ0v) is 12.4. The van der Waals surface area contributed by atoms with Gasteiger partial charge in [-0.2, -0.15) is 0 Å². The summed E-state index contributed by atoms with van der Waals surface area (Å²) in [7, 11) is 0. The van der Waals surface area contributed by atoms with Gasteiger partial charge in [0.1, 0.15) is 4.99 Å². The number of nitrogens with one attached hydrogen (secondary N) is 1. The summed E-state index contributed by atoms with van der Waals surface area (Å²) in [5.41, 5.74) is 9.97. The van der Waals surface area contributed by atoms with Crippen LogP contribution in [0.5, 0.6) is 0 Å². The highest BCUT2D eigenvalue weighted by molar-refractivity contribution is 7.80. The maximum absolute atomic E-state index is 5.91. The van der Waals surface area contributed by atoms with Gasteiger partial charge < -0.3 is 11.1 Å². The minimum atomic E-state index is 0.299. The third kappa shape index (κ3) is 3.42. The molecule has 2 aromatic rings. The molecule has 0 unspecified atom stereocenters. The molecule has 3 N–H and O–H groups in total. The SMILES string of the molecule is Cc1ccccc1NC(N)=NC(=S)c1ccccc1C. The average molecular weight is 283 g/mol. The molecule has 2 rings (SSSR count). The van der Waals surface area contributed by atoms with Gasteiger partial charge in [-0.15, -0.1) is 0 Å². The number of guanidine groups is 1. The zero-order chi connectivity index (χ0) is 14.5. The van der Waals surface area contributed by atoms with E-state index in [1.807, 2.05) is 62.4 Å². The second-order valence-electron chi connectivity index (χ2n) is 4.56. The number of aliphatic imine (C=N–C) groups is 1. The van der Waals surface area contributed by atoms with Crippen molar-refractivity contribution in [2.24, 2.45) is 10.7 Å². The molecule has 0 bridgehead atoms. The lowest BCUT2D eigenvalue weighted by atomic mass is 10.1. The molecule has 102 valence electrons. The van der Waals surface area contributed by atoms with Gasteiger partial charge >= 0.3 is 0 Å². The van der Waals surface area contributed by atoms with E-state index in [1.54, 1.807) is 0 Å². The first-order valence-electron chi connectivity index (χ1n) is 6.34. The van der Waals surface area contributed by atoms with E-state index in [4.69, 9.17) is 18.0 Å². The number of hydrogen-bond donors (Lipinski definition) is 2. The van der Waals surface area contributed by atoms with E-state index in [2.05, 4.69) is 10.3 Å². The second kappa shape index (κ2) is 6.30. The molecular weight excluding hydrogens is 266 g/mol. The van der Waals surface area contributed by atoms with Crippen LogP contribution in [0.3, 0.4) is 0 Å². The van der Waals surface area contributed by atoms with E-state index in [0.717, 1.165) is 22.4 Å². The van der Waals surface area contributed by atoms with Crippen LogP contribution in [0, 0.1) is 13.8 Å². The Morgan fingerprint density at radius 3 is 2.25 bits per heavy atom. The van der Waals surface area contributed by atoms with Crippen LogP contribution in [-0.2, 0) is 0 Å². The number of thiocarbonyl (C=S) groups is 1. The first-order valence-corrected chi connectivity index (χ1v) is 6.75. The molecule has 0 aliphatic carbocycles. The molecule has 0 radical (unpaired) electrons. The Balaban J connectivity index is 2.17. The van der Waals surface area contributed by atoms with Crippen LogP contribution >= 0.6 is 12.2 Å². The largest absolute Gasteiger partial charge is 0.369 e. The fraction of sp³-hybridized carbons (Fsp3) is 0.125. The summed E-state index contributed by atoms with van der Waals surface area (Å²) in [4.78, 5) is 4.75. The van der Waals surface area contributed by atoms with E-state index in [0.29, 0.717) is 10.9 Å². The normalized spacial score (nSPS) is 11.2. The van der Waals surface area contributed by atoms with Gasteiger partial charge in [-0.05, 0) is 31.0 Å². The highest BCUT2D eigenvalue weighted by atomic mass is 32.1. The standard InChI is InChI=1S/C16H17N3S/c1-11-7-3-5-9-13(11)15(20)19-16(17)18-14-10-6-4-8-12(14)2/h3-10H,1-2H3,(H3,17,18,19,20). The predicted molar refractivity (Wildman–Crippen MR) is 89.3 cm³/mol. The van der Waals surface area contributed by atoms with Gasteiger partial charge in [0.2, 0.25) is 0 Å². The summed E-state index contributed by atoms with van der Waals surface area (Å²) < 4.78 is 0. The van der Waals surface area contributed by atoms with Gasteiger partial charge in [0.05, 0.1) is 0 Å². The van der Waals surface area contributed by atoms with Gasteiger partial charge in [-0.1, -0.05) is 54.7 Å². The van der Waals surface area contributed by atoms with Gasteiger partial charge in [0.25, 0.3) is 0 Å². The quantitative estimate of drug-likeness (QED) is 0.504. The van der Waals surface area contributed by atoms with Crippen LogP contribution in [0.15, 0.2) is 53.5 Å². The summed E-state index contributed by atoms with van der Waals surface area (Å²) >= 11 is 5.33. The van der Waals surface area contributed by atoms with Gasteiger partial charge in [-0.3, -0.25) is 0 Å². The highest BCUT2D eigenvalue weighted by Crippen LogP contribution is 2.13. The molecule has 0 saturated carbocycles. The Hall–Kier alpha value is -2.20. The number of aryl methyl sites for hydroxylation is 2. The fourth-order valence-electron chi connectivity index (χ4n) is 1.86. The minimum Gasteiger partial charge on any atom is -0.369 e. The number of rotatable bonds is 2. The summed E-state index contributed by atoms with van der Waals surface area (Å²) in [5, 5.41) is 3.07. The maximum atomic E-state index is 5.91. The Bertz CT molecular complexity index is 662. The van der Waals surface area contributed by atoms with Gasteiger partial charge in [-0.25, -0.2) is 4.99 Å². The third-order valence-electron chi connectivity index (χ3n) is 3.01. The maximum Gasteiger partial charge on any atom is 0.199 e. The molecule has 4 heteroatoms. The monoisotopic (exact) mass is 283 g/mol. The van der Waals surface area contributed by atoms with Gasteiger partial charge in [0.15, 0.2) is 5.96 Å². The van der Waals surface area contributed by atoms with E-state index in [1.165, 1.54) is 0 Å². The minimum absolute atomic E-state index is 0.299. The first kappa shape index (κ1) is 14.2. The Kier molecular flexibility index (Phi) is 4.48. The Labute approximate surface area is 124 Å². The van der Waals surface area contributed by atoms with Crippen molar-refractivity contribution >= 4 is 28.9 Å². The second-order valence-corrected chi connectivity index (χ2v) is 4.94. The van der Waals surface area contributed by atoms with Crippen LogP contribution < -0.4 is 11.1 Å². The summed E-state index contributed by atoms with van der Waals surface area (Å²) in [6.07, 6.45) is 0. The Morgan fingerprint density at radius 2 is 1.60 bits per heavy atom. The van der Waals surface area contributed by atoms with Crippen molar-refractivity contribution in [3.8, 4) is 0 Å². The molecule has 3 nitrogen and oxygen atoms in total. The van der Waals surface area contributed by atoms with Crippen LogP contribution in [0.1, 0.15) is 16.7 Å². The summed E-state index contributed by atoms with van der Waals surface area (Å²) in [6, 6.07) is 15.7. The molecule has 20 heavy (non-hydrogen) atoms.